The smallest absolute Gasteiger partial charge is 0.254 e. The van der Waals surface area contributed by atoms with Gasteiger partial charge in [0.05, 0.1) is 17.4 Å². The minimum Gasteiger partial charge on any atom is -0.329 e. The van der Waals surface area contributed by atoms with Crippen LogP contribution in [0.3, 0.4) is 0 Å². The third-order valence-corrected chi connectivity index (χ3v) is 4.94. The highest BCUT2D eigenvalue weighted by Gasteiger charge is 2.28. The lowest BCUT2D eigenvalue weighted by Gasteiger charge is -2.36. The van der Waals surface area contributed by atoms with Crippen LogP contribution in [0.5, 0.6) is 0 Å². The molecule has 7 heteroatoms. The second-order valence-electron chi connectivity index (χ2n) is 6.89. The lowest BCUT2D eigenvalue weighted by atomic mass is 10.0. The maximum absolute atomic E-state index is 13.2. The van der Waals surface area contributed by atoms with Crippen LogP contribution < -0.4 is 5.32 Å². The van der Waals surface area contributed by atoms with Crippen LogP contribution in [0.25, 0.3) is 5.69 Å². The van der Waals surface area contributed by atoms with Crippen LogP contribution >= 0.6 is 12.4 Å². The predicted molar refractivity (Wildman–Crippen MR) is 111 cm³/mol. The van der Waals surface area contributed by atoms with Gasteiger partial charge in [0.2, 0.25) is 0 Å². The summed E-state index contributed by atoms with van der Waals surface area (Å²) in [5.41, 5.74) is 4.76. The van der Waals surface area contributed by atoms with Gasteiger partial charge < -0.3 is 10.2 Å². The first-order valence-corrected chi connectivity index (χ1v) is 9.19. The number of rotatable bonds is 3. The number of hydrogen-bond acceptors (Lipinski definition) is 4. The Morgan fingerprint density at radius 1 is 1.18 bits per heavy atom. The lowest BCUT2D eigenvalue weighted by Crippen LogP contribution is -2.48. The number of nitrogens with one attached hydrogen (secondary N) is 1. The molecule has 6 nitrogen and oxygen atoms in total. The summed E-state index contributed by atoms with van der Waals surface area (Å²) in [5.74, 6) is 0.0465. The van der Waals surface area contributed by atoms with Crippen molar-refractivity contribution in [3.63, 3.8) is 0 Å². The van der Waals surface area contributed by atoms with E-state index < -0.39 is 0 Å². The number of carbonyl (C=O) groups is 1. The van der Waals surface area contributed by atoms with E-state index in [2.05, 4.69) is 15.4 Å². The monoisotopic (exact) mass is 397 g/mol. The number of benzene rings is 1. The van der Waals surface area contributed by atoms with E-state index in [4.69, 9.17) is 0 Å². The van der Waals surface area contributed by atoms with Crippen molar-refractivity contribution in [1.82, 2.24) is 25.0 Å². The fraction of sp³-hybridized carbons (Fsp3) is 0.286. The number of nitrogens with zero attached hydrogens (tertiary/aromatic N) is 4. The summed E-state index contributed by atoms with van der Waals surface area (Å²) < 4.78 is 1.90. The quantitative estimate of drug-likeness (QED) is 0.737. The Morgan fingerprint density at radius 2 is 1.96 bits per heavy atom. The van der Waals surface area contributed by atoms with E-state index in [-0.39, 0.29) is 24.4 Å². The molecule has 1 aromatic carbocycles. The summed E-state index contributed by atoms with van der Waals surface area (Å²) in [6.45, 7) is 6.22. The summed E-state index contributed by atoms with van der Waals surface area (Å²) in [4.78, 5) is 19.3. The Hall–Kier alpha value is -2.70. The predicted octanol–water partition coefficient (Wildman–Crippen LogP) is 3.09. The molecule has 1 atom stereocenters. The summed E-state index contributed by atoms with van der Waals surface area (Å²) in [7, 11) is 0. The highest BCUT2D eigenvalue weighted by atomic mass is 35.5. The van der Waals surface area contributed by atoms with Crippen LogP contribution in [-0.2, 0) is 0 Å². The molecule has 1 saturated heterocycles. The third-order valence-electron chi connectivity index (χ3n) is 4.94. The van der Waals surface area contributed by atoms with Crippen molar-refractivity contribution >= 4 is 18.3 Å². The molecule has 1 fully saturated rings. The number of piperazine rings is 1. The fourth-order valence-corrected chi connectivity index (χ4v) is 3.62. The van der Waals surface area contributed by atoms with Crippen molar-refractivity contribution in [3.8, 4) is 5.69 Å². The van der Waals surface area contributed by atoms with Crippen LogP contribution in [0.15, 0.2) is 54.9 Å². The second-order valence-corrected chi connectivity index (χ2v) is 6.89. The van der Waals surface area contributed by atoms with Crippen LogP contribution in [0.4, 0.5) is 0 Å². The number of amides is 1. The molecular weight excluding hydrogens is 374 g/mol. The molecule has 28 heavy (non-hydrogen) atoms. The molecule has 1 N–H and O–H groups in total. The Labute approximate surface area is 171 Å². The first-order valence-electron chi connectivity index (χ1n) is 9.19. The SMILES string of the molecule is Cc1cc(C)n(-c2ccc(C(=O)N3CCNCC3c3cccnc3)cc2)n1.Cl. The van der Waals surface area contributed by atoms with Gasteiger partial charge in [0.25, 0.3) is 5.91 Å². The van der Waals surface area contributed by atoms with Gasteiger partial charge in [-0.05, 0) is 55.8 Å². The average molecular weight is 398 g/mol. The summed E-state index contributed by atoms with van der Waals surface area (Å²) in [6, 6.07) is 13.6. The maximum atomic E-state index is 13.2. The van der Waals surface area contributed by atoms with Gasteiger partial charge in [0.1, 0.15) is 0 Å². The van der Waals surface area contributed by atoms with E-state index in [1.807, 2.05) is 72.1 Å². The summed E-state index contributed by atoms with van der Waals surface area (Å²) in [5, 5.41) is 7.88. The van der Waals surface area contributed by atoms with Gasteiger partial charge in [0, 0.05) is 43.3 Å². The molecule has 0 bridgehead atoms. The van der Waals surface area contributed by atoms with E-state index >= 15 is 0 Å². The zero-order chi connectivity index (χ0) is 18.8. The van der Waals surface area contributed by atoms with Gasteiger partial charge in [-0.25, -0.2) is 4.68 Å². The second kappa shape index (κ2) is 8.54. The molecule has 1 amide bonds. The largest absolute Gasteiger partial charge is 0.329 e. The highest BCUT2D eigenvalue weighted by molar-refractivity contribution is 5.94. The number of pyridine rings is 1. The first-order chi connectivity index (χ1) is 13.1. The van der Waals surface area contributed by atoms with Gasteiger partial charge in [-0.15, -0.1) is 12.4 Å². The maximum Gasteiger partial charge on any atom is 0.254 e. The fourth-order valence-electron chi connectivity index (χ4n) is 3.62. The van der Waals surface area contributed by atoms with E-state index in [1.165, 1.54) is 0 Å². The van der Waals surface area contributed by atoms with Gasteiger partial charge in [0.15, 0.2) is 0 Å². The molecule has 0 aliphatic carbocycles. The molecule has 0 spiro atoms. The molecule has 4 rings (SSSR count). The highest BCUT2D eigenvalue weighted by Crippen LogP contribution is 2.24. The minimum absolute atomic E-state index is 0. The minimum atomic E-state index is -0.00404. The Bertz CT molecular complexity index is 939. The zero-order valence-electron chi connectivity index (χ0n) is 16.0. The van der Waals surface area contributed by atoms with Crippen molar-refractivity contribution < 1.29 is 4.79 Å². The summed E-state index contributed by atoms with van der Waals surface area (Å²) >= 11 is 0. The molecule has 1 aliphatic heterocycles. The number of hydrogen-bond donors (Lipinski definition) is 1. The zero-order valence-corrected chi connectivity index (χ0v) is 16.8. The molecule has 146 valence electrons. The van der Waals surface area contributed by atoms with Crippen LogP contribution in [0, 0.1) is 13.8 Å². The molecule has 3 heterocycles. The number of aromatic nitrogens is 3. The number of aryl methyl sites for hydroxylation is 2. The first kappa shape index (κ1) is 20.0. The Kier molecular flexibility index (Phi) is 6.11. The average Bonchev–Trinajstić information content (AvgIpc) is 3.06. The van der Waals surface area contributed by atoms with Crippen molar-refractivity contribution in [2.24, 2.45) is 0 Å². The molecule has 1 aliphatic rings. The topological polar surface area (TPSA) is 63.1 Å². The van der Waals surface area contributed by atoms with E-state index in [1.54, 1.807) is 6.20 Å². The van der Waals surface area contributed by atoms with E-state index in [0.29, 0.717) is 12.1 Å². The molecular formula is C21H24ClN5O. The normalized spacial score (nSPS) is 16.5. The van der Waals surface area contributed by atoms with Crippen molar-refractivity contribution in [2.75, 3.05) is 19.6 Å². The molecule has 2 aromatic heterocycles. The third kappa shape index (κ3) is 3.93. The number of halogens is 1. The van der Waals surface area contributed by atoms with E-state index in [0.717, 1.165) is 35.7 Å². The Morgan fingerprint density at radius 3 is 2.61 bits per heavy atom. The van der Waals surface area contributed by atoms with Crippen LogP contribution in [0.2, 0.25) is 0 Å². The van der Waals surface area contributed by atoms with Crippen molar-refractivity contribution in [3.05, 3.63) is 77.4 Å². The van der Waals surface area contributed by atoms with Gasteiger partial charge in [-0.3, -0.25) is 9.78 Å². The van der Waals surface area contributed by atoms with Gasteiger partial charge >= 0.3 is 0 Å². The molecule has 0 radical (unpaired) electrons. The molecule has 0 saturated carbocycles. The Balaban J connectivity index is 0.00000225. The van der Waals surface area contributed by atoms with Crippen molar-refractivity contribution in [2.45, 2.75) is 19.9 Å². The van der Waals surface area contributed by atoms with Gasteiger partial charge in [-0.1, -0.05) is 6.07 Å². The van der Waals surface area contributed by atoms with E-state index in [9.17, 15) is 4.79 Å². The van der Waals surface area contributed by atoms with Crippen molar-refractivity contribution in [1.29, 1.82) is 0 Å². The van der Waals surface area contributed by atoms with Gasteiger partial charge in [-0.2, -0.15) is 5.10 Å². The standard InChI is InChI=1S/C21H23N5O.ClH/c1-15-12-16(2)26(24-15)19-7-5-17(6-8-19)21(27)25-11-10-23-14-20(25)18-4-3-9-22-13-18;/h3-9,12-13,20,23H,10-11,14H2,1-2H3;1H. The van der Waals surface area contributed by atoms with Crippen LogP contribution in [0.1, 0.15) is 33.4 Å². The lowest BCUT2D eigenvalue weighted by molar-refractivity contribution is 0.0634. The van der Waals surface area contributed by atoms with Crippen LogP contribution in [-0.4, -0.2) is 45.2 Å². The summed E-state index contributed by atoms with van der Waals surface area (Å²) in [6.07, 6.45) is 3.59. The molecule has 3 aromatic rings. The number of carbonyl (C=O) groups excluding carboxylic acids is 1. The molecule has 1 unspecified atom stereocenters.